The zero-order valence-electron chi connectivity index (χ0n) is 11.8. The quantitative estimate of drug-likeness (QED) is 0.410. The molecule has 0 fully saturated rings. The van der Waals surface area contributed by atoms with Crippen molar-refractivity contribution in [2.45, 2.75) is 33.6 Å². The van der Waals surface area contributed by atoms with Gasteiger partial charge in [-0.1, -0.05) is 0 Å². The number of carboxylic acid groups (broad SMARTS) is 1. The third-order valence-corrected chi connectivity index (χ3v) is 1.50. The summed E-state index contributed by atoms with van der Waals surface area (Å²) in [5, 5.41) is 8.01. The van der Waals surface area contributed by atoms with Crippen molar-refractivity contribution in [3.63, 3.8) is 0 Å². The van der Waals surface area contributed by atoms with Gasteiger partial charge in [0, 0.05) is 0 Å². The Labute approximate surface area is 117 Å². The highest BCUT2D eigenvalue weighted by Crippen LogP contribution is 1.89. The van der Waals surface area contributed by atoms with Crippen molar-refractivity contribution in [1.82, 2.24) is 0 Å². The van der Waals surface area contributed by atoms with Crippen LogP contribution in [0.15, 0.2) is 0 Å². The van der Waals surface area contributed by atoms with Gasteiger partial charge in [-0.2, -0.15) is 0 Å². The maximum atomic E-state index is 10.6. The van der Waals surface area contributed by atoms with E-state index in [0.717, 1.165) is 0 Å². The van der Waals surface area contributed by atoms with Crippen LogP contribution in [0, 0.1) is 0 Å². The Morgan fingerprint density at radius 1 is 0.700 bits per heavy atom. The number of hydrogen-bond donors (Lipinski definition) is 1. The number of hydrogen-bond acceptors (Lipinski definition) is 7. The maximum absolute atomic E-state index is 10.6. The summed E-state index contributed by atoms with van der Waals surface area (Å²) in [7, 11) is 0. The van der Waals surface area contributed by atoms with Crippen molar-refractivity contribution < 1.29 is 38.5 Å². The Balaban J connectivity index is 0. The van der Waals surface area contributed by atoms with Gasteiger partial charge in [-0.05, 0) is 20.8 Å². The number of carbonyl (C=O) groups is 4. The van der Waals surface area contributed by atoms with Crippen LogP contribution in [0.3, 0.4) is 0 Å². The van der Waals surface area contributed by atoms with E-state index in [1.54, 1.807) is 20.8 Å². The summed E-state index contributed by atoms with van der Waals surface area (Å²) in [4.78, 5) is 41.2. The van der Waals surface area contributed by atoms with Crippen LogP contribution in [0.1, 0.15) is 33.6 Å². The minimum atomic E-state index is -1.16. The van der Waals surface area contributed by atoms with Crippen LogP contribution in [0.2, 0.25) is 0 Å². The monoisotopic (exact) mass is 292 g/mol. The summed E-state index contributed by atoms with van der Waals surface area (Å²) in [6.45, 7) is 5.80. The maximum Gasteiger partial charge on any atom is 0.317 e. The van der Waals surface area contributed by atoms with E-state index >= 15 is 0 Å². The van der Waals surface area contributed by atoms with E-state index in [2.05, 4.69) is 14.2 Å². The van der Waals surface area contributed by atoms with Gasteiger partial charge in [0.05, 0.1) is 19.8 Å². The number of aliphatic carboxylic acids is 1. The van der Waals surface area contributed by atoms with Gasteiger partial charge in [0.1, 0.15) is 12.8 Å². The Bertz CT molecular complexity index is 307. The topological polar surface area (TPSA) is 116 Å². The molecule has 1 N–H and O–H groups in total. The lowest BCUT2D eigenvalue weighted by Gasteiger charge is -2.00. The van der Waals surface area contributed by atoms with E-state index in [1.165, 1.54) is 0 Å². The number of rotatable bonds is 7. The second-order valence-corrected chi connectivity index (χ2v) is 3.16. The first-order valence-corrected chi connectivity index (χ1v) is 6.05. The van der Waals surface area contributed by atoms with Crippen LogP contribution >= 0.6 is 0 Å². The molecule has 0 heterocycles. The van der Waals surface area contributed by atoms with Gasteiger partial charge in [-0.25, -0.2) is 0 Å². The highest BCUT2D eigenvalue weighted by atomic mass is 16.6. The predicted molar refractivity (Wildman–Crippen MR) is 66.8 cm³/mol. The Morgan fingerprint density at radius 3 is 1.25 bits per heavy atom. The van der Waals surface area contributed by atoms with Gasteiger partial charge in [0.15, 0.2) is 0 Å². The fourth-order valence-corrected chi connectivity index (χ4v) is 0.877. The summed E-state index contributed by atoms with van der Waals surface area (Å²) in [5.41, 5.74) is 0. The molecule has 0 bridgehead atoms. The van der Waals surface area contributed by atoms with Gasteiger partial charge in [-0.3, -0.25) is 19.2 Å². The van der Waals surface area contributed by atoms with Crippen molar-refractivity contribution in [1.29, 1.82) is 0 Å². The molecule has 0 atom stereocenters. The highest BCUT2D eigenvalue weighted by molar-refractivity contribution is 5.91. The zero-order valence-corrected chi connectivity index (χ0v) is 11.8. The summed E-state index contributed by atoms with van der Waals surface area (Å²) in [6, 6.07) is 0. The van der Waals surface area contributed by atoms with Crippen LogP contribution in [0.25, 0.3) is 0 Å². The fraction of sp³-hybridized carbons (Fsp3) is 0.667. The number of esters is 3. The normalized spacial score (nSPS) is 8.75. The van der Waals surface area contributed by atoms with Crippen molar-refractivity contribution >= 4 is 23.9 Å². The molecule has 20 heavy (non-hydrogen) atoms. The number of carbonyl (C=O) groups excluding carboxylic acids is 3. The SMILES string of the molecule is CCOC(=O)CC(=O)O.CCOC(=O)CC(=O)OCC. The molecule has 0 saturated carbocycles. The third kappa shape index (κ3) is 15.9. The molecule has 116 valence electrons. The summed E-state index contributed by atoms with van der Waals surface area (Å²) < 4.78 is 13.4. The molecule has 0 aliphatic rings. The zero-order chi connectivity index (χ0) is 16.0. The third-order valence-electron chi connectivity index (χ3n) is 1.50. The number of ether oxygens (including phenoxy) is 3. The van der Waals surface area contributed by atoms with E-state index in [1.807, 2.05) is 0 Å². The van der Waals surface area contributed by atoms with Crippen molar-refractivity contribution in [3.8, 4) is 0 Å². The van der Waals surface area contributed by atoms with Crippen LogP contribution in [-0.4, -0.2) is 48.8 Å². The Morgan fingerprint density at radius 2 is 1.00 bits per heavy atom. The van der Waals surface area contributed by atoms with Gasteiger partial charge in [0.2, 0.25) is 0 Å². The minimum absolute atomic E-state index is 0.228. The van der Waals surface area contributed by atoms with E-state index in [0.29, 0.717) is 0 Å². The van der Waals surface area contributed by atoms with Gasteiger partial charge < -0.3 is 19.3 Å². The average Bonchev–Trinajstić information content (AvgIpc) is 2.29. The standard InChI is InChI=1S/C7H12O4.C5H8O4/c1-3-10-6(8)5-7(9)11-4-2;1-2-9-5(8)3-4(6)7/h3-5H2,1-2H3;2-3H2,1H3,(H,6,7). The lowest BCUT2D eigenvalue weighted by Crippen LogP contribution is -2.13. The molecule has 0 aromatic heterocycles. The summed E-state index contributed by atoms with van der Waals surface area (Å²) in [6.07, 6.45) is -0.838. The lowest BCUT2D eigenvalue weighted by atomic mass is 10.4. The van der Waals surface area contributed by atoms with E-state index in [9.17, 15) is 19.2 Å². The second-order valence-electron chi connectivity index (χ2n) is 3.16. The largest absolute Gasteiger partial charge is 0.481 e. The molecule has 0 aliphatic carbocycles. The molecular formula is C12H20O8. The number of carboxylic acids is 1. The molecule has 0 radical (unpaired) electrons. The molecular weight excluding hydrogens is 272 g/mol. The van der Waals surface area contributed by atoms with Crippen molar-refractivity contribution in [2.75, 3.05) is 19.8 Å². The van der Waals surface area contributed by atoms with E-state index in [4.69, 9.17) is 5.11 Å². The summed E-state index contributed by atoms with van der Waals surface area (Å²) in [5.74, 6) is -2.92. The van der Waals surface area contributed by atoms with Gasteiger partial charge in [-0.15, -0.1) is 0 Å². The summed E-state index contributed by atoms with van der Waals surface area (Å²) >= 11 is 0. The molecule has 0 aromatic rings. The molecule has 0 amide bonds. The molecule has 8 nitrogen and oxygen atoms in total. The highest BCUT2D eigenvalue weighted by Gasteiger charge is 2.09. The molecule has 0 unspecified atom stereocenters. The van der Waals surface area contributed by atoms with Gasteiger partial charge in [0.25, 0.3) is 0 Å². The Kier molecular flexibility index (Phi) is 13.4. The van der Waals surface area contributed by atoms with Crippen molar-refractivity contribution in [2.24, 2.45) is 0 Å². The van der Waals surface area contributed by atoms with Crippen LogP contribution < -0.4 is 0 Å². The average molecular weight is 292 g/mol. The fourth-order valence-electron chi connectivity index (χ4n) is 0.877. The molecule has 0 aliphatic heterocycles. The minimum Gasteiger partial charge on any atom is -0.481 e. The molecule has 8 heteroatoms. The van der Waals surface area contributed by atoms with Crippen molar-refractivity contribution in [3.05, 3.63) is 0 Å². The molecule has 0 rings (SSSR count). The smallest absolute Gasteiger partial charge is 0.317 e. The van der Waals surface area contributed by atoms with E-state index in [-0.39, 0.29) is 26.2 Å². The lowest BCUT2D eigenvalue weighted by molar-refractivity contribution is -0.154. The van der Waals surface area contributed by atoms with Gasteiger partial charge >= 0.3 is 23.9 Å². The van der Waals surface area contributed by atoms with Crippen LogP contribution in [-0.2, 0) is 33.4 Å². The molecule has 0 saturated heterocycles. The first kappa shape index (κ1) is 20.2. The van der Waals surface area contributed by atoms with Crippen LogP contribution in [0.5, 0.6) is 0 Å². The van der Waals surface area contributed by atoms with Crippen LogP contribution in [0.4, 0.5) is 0 Å². The second kappa shape index (κ2) is 13.3. The Hall–Kier alpha value is -2.12. The van der Waals surface area contributed by atoms with E-state index < -0.39 is 30.3 Å². The molecule has 0 aromatic carbocycles. The predicted octanol–water partition coefficient (Wildman–Crippen LogP) is 0.527. The first-order chi connectivity index (χ1) is 9.37. The molecule has 0 spiro atoms. The first-order valence-electron chi connectivity index (χ1n) is 6.05.